The maximum Gasteiger partial charge on any atom is 0.0745 e. The summed E-state index contributed by atoms with van der Waals surface area (Å²) in [6, 6.07) is 14.5. The summed E-state index contributed by atoms with van der Waals surface area (Å²) in [5.74, 6) is 0. The maximum absolute atomic E-state index is 4.79. The molecule has 0 saturated carbocycles. The lowest BCUT2D eigenvalue weighted by molar-refractivity contribution is 0.870. The fraction of sp³-hybridized carbons (Fsp3) is 0.222. The Morgan fingerprint density at radius 1 is 1.00 bits per heavy atom. The maximum atomic E-state index is 4.79. The molecule has 0 N–H and O–H groups in total. The van der Waals surface area contributed by atoms with Gasteiger partial charge in [0.15, 0.2) is 0 Å². The number of benzene rings is 1. The third-order valence-corrected chi connectivity index (χ3v) is 3.76. The monoisotopic (exact) mass is 277 g/mol. The van der Waals surface area contributed by atoms with Gasteiger partial charge >= 0.3 is 0 Å². The molecule has 0 spiro atoms. The van der Waals surface area contributed by atoms with Crippen LogP contribution >= 0.6 is 0 Å². The topological polar surface area (TPSA) is 29.0 Å². The second-order valence-electron chi connectivity index (χ2n) is 4.96. The molecule has 0 aliphatic rings. The molecule has 0 saturated heterocycles. The number of nitrogens with zero attached hydrogens (tertiary/aromatic N) is 3. The molecule has 0 bridgehead atoms. The van der Waals surface area contributed by atoms with Crippen LogP contribution in [0.25, 0.3) is 22.2 Å². The van der Waals surface area contributed by atoms with E-state index < -0.39 is 0 Å². The van der Waals surface area contributed by atoms with E-state index in [-0.39, 0.29) is 0 Å². The lowest BCUT2D eigenvalue weighted by Gasteiger charge is -2.23. The third kappa shape index (κ3) is 2.59. The Kier molecular flexibility index (Phi) is 3.82. The van der Waals surface area contributed by atoms with E-state index in [4.69, 9.17) is 4.98 Å². The van der Waals surface area contributed by atoms with Crippen LogP contribution in [0.4, 0.5) is 5.69 Å². The average molecular weight is 277 g/mol. The van der Waals surface area contributed by atoms with Gasteiger partial charge < -0.3 is 4.90 Å². The van der Waals surface area contributed by atoms with Crippen molar-refractivity contribution in [3.63, 3.8) is 0 Å². The van der Waals surface area contributed by atoms with Gasteiger partial charge in [-0.2, -0.15) is 0 Å². The number of fused-ring (bicyclic) bond motifs is 1. The first-order valence-corrected chi connectivity index (χ1v) is 7.38. The van der Waals surface area contributed by atoms with Gasteiger partial charge in [-0.1, -0.05) is 18.2 Å². The van der Waals surface area contributed by atoms with Crippen molar-refractivity contribution in [2.24, 2.45) is 0 Å². The van der Waals surface area contributed by atoms with E-state index in [1.807, 2.05) is 18.3 Å². The van der Waals surface area contributed by atoms with Gasteiger partial charge in [0.25, 0.3) is 0 Å². The number of aromatic nitrogens is 2. The Morgan fingerprint density at radius 3 is 2.52 bits per heavy atom. The predicted octanol–water partition coefficient (Wildman–Crippen LogP) is 4.14. The van der Waals surface area contributed by atoms with Crippen molar-refractivity contribution in [1.29, 1.82) is 0 Å². The smallest absolute Gasteiger partial charge is 0.0745 e. The van der Waals surface area contributed by atoms with Crippen molar-refractivity contribution < 1.29 is 0 Å². The molecule has 106 valence electrons. The molecule has 0 aliphatic carbocycles. The van der Waals surface area contributed by atoms with Gasteiger partial charge in [-0.15, -0.1) is 0 Å². The highest BCUT2D eigenvalue weighted by atomic mass is 15.1. The molecule has 2 aromatic heterocycles. The lowest BCUT2D eigenvalue weighted by Crippen LogP contribution is -2.22. The molecular weight excluding hydrogens is 258 g/mol. The van der Waals surface area contributed by atoms with Crippen molar-refractivity contribution in [1.82, 2.24) is 9.97 Å². The Balaban J connectivity index is 2.24. The fourth-order valence-electron chi connectivity index (χ4n) is 2.65. The predicted molar refractivity (Wildman–Crippen MR) is 88.5 cm³/mol. The second-order valence-corrected chi connectivity index (χ2v) is 4.96. The van der Waals surface area contributed by atoms with Crippen molar-refractivity contribution in [2.45, 2.75) is 13.8 Å². The standard InChI is InChI=1S/C18H19N3/c1-3-21(4-2)18-12-17(14-8-7-11-19-13-14)20-16-10-6-5-9-15(16)18/h5-13H,3-4H2,1-2H3. The molecule has 0 aliphatic heterocycles. The molecule has 1 aromatic carbocycles. The van der Waals surface area contributed by atoms with Crippen LogP contribution in [0.5, 0.6) is 0 Å². The largest absolute Gasteiger partial charge is 0.371 e. The Hall–Kier alpha value is -2.42. The normalized spacial score (nSPS) is 10.8. The first-order chi connectivity index (χ1) is 10.3. The van der Waals surface area contributed by atoms with E-state index in [0.29, 0.717) is 0 Å². The van der Waals surface area contributed by atoms with Crippen LogP contribution in [-0.2, 0) is 0 Å². The van der Waals surface area contributed by atoms with E-state index in [0.717, 1.165) is 29.9 Å². The highest BCUT2D eigenvalue weighted by Crippen LogP contribution is 2.30. The van der Waals surface area contributed by atoms with Crippen molar-refractivity contribution in [3.05, 3.63) is 54.9 Å². The van der Waals surface area contributed by atoms with E-state index >= 15 is 0 Å². The van der Waals surface area contributed by atoms with Gasteiger partial charge in [0, 0.05) is 42.1 Å². The molecule has 21 heavy (non-hydrogen) atoms. The zero-order valence-electron chi connectivity index (χ0n) is 12.5. The van der Waals surface area contributed by atoms with Gasteiger partial charge in [-0.05, 0) is 38.1 Å². The summed E-state index contributed by atoms with van der Waals surface area (Å²) < 4.78 is 0. The Labute approximate surface area is 125 Å². The number of hydrogen-bond donors (Lipinski definition) is 0. The molecule has 0 fully saturated rings. The van der Waals surface area contributed by atoms with Gasteiger partial charge in [0.2, 0.25) is 0 Å². The van der Waals surface area contributed by atoms with Crippen LogP contribution in [0, 0.1) is 0 Å². The van der Waals surface area contributed by atoms with Crippen molar-refractivity contribution >= 4 is 16.6 Å². The minimum atomic E-state index is 0.976. The van der Waals surface area contributed by atoms with E-state index in [9.17, 15) is 0 Å². The Morgan fingerprint density at radius 2 is 1.81 bits per heavy atom. The molecule has 0 atom stereocenters. The fourth-order valence-corrected chi connectivity index (χ4v) is 2.65. The number of hydrogen-bond acceptors (Lipinski definition) is 3. The van der Waals surface area contributed by atoms with Gasteiger partial charge in [-0.3, -0.25) is 4.98 Å². The van der Waals surface area contributed by atoms with Gasteiger partial charge in [-0.25, -0.2) is 4.98 Å². The molecule has 0 amide bonds. The summed E-state index contributed by atoms with van der Waals surface area (Å²) in [5.41, 5.74) is 4.30. The number of pyridine rings is 2. The SMILES string of the molecule is CCN(CC)c1cc(-c2cccnc2)nc2ccccc12. The molecule has 0 radical (unpaired) electrons. The molecule has 2 heterocycles. The number of para-hydroxylation sites is 1. The zero-order chi connectivity index (χ0) is 14.7. The van der Waals surface area contributed by atoms with E-state index in [2.05, 4.69) is 54.1 Å². The molecule has 3 rings (SSSR count). The summed E-state index contributed by atoms with van der Waals surface area (Å²) in [6.45, 7) is 6.33. The molecule has 3 aromatic rings. The Bertz CT molecular complexity index is 734. The second kappa shape index (κ2) is 5.92. The third-order valence-electron chi connectivity index (χ3n) is 3.76. The summed E-state index contributed by atoms with van der Waals surface area (Å²) in [5, 5.41) is 1.20. The summed E-state index contributed by atoms with van der Waals surface area (Å²) in [4.78, 5) is 11.4. The minimum Gasteiger partial charge on any atom is -0.371 e. The highest BCUT2D eigenvalue weighted by molar-refractivity contribution is 5.94. The summed E-state index contributed by atoms with van der Waals surface area (Å²) >= 11 is 0. The van der Waals surface area contributed by atoms with Crippen LogP contribution < -0.4 is 4.90 Å². The zero-order valence-corrected chi connectivity index (χ0v) is 12.5. The van der Waals surface area contributed by atoms with Crippen LogP contribution in [0.15, 0.2) is 54.9 Å². The molecule has 3 nitrogen and oxygen atoms in total. The van der Waals surface area contributed by atoms with Crippen LogP contribution in [0.2, 0.25) is 0 Å². The van der Waals surface area contributed by atoms with Crippen LogP contribution in [0.1, 0.15) is 13.8 Å². The summed E-state index contributed by atoms with van der Waals surface area (Å²) in [7, 11) is 0. The minimum absolute atomic E-state index is 0.976. The van der Waals surface area contributed by atoms with Crippen molar-refractivity contribution in [3.8, 4) is 11.3 Å². The van der Waals surface area contributed by atoms with Gasteiger partial charge in [0.1, 0.15) is 0 Å². The first-order valence-electron chi connectivity index (χ1n) is 7.38. The van der Waals surface area contributed by atoms with E-state index in [1.165, 1.54) is 11.1 Å². The average Bonchev–Trinajstić information content (AvgIpc) is 2.56. The lowest BCUT2D eigenvalue weighted by atomic mass is 10.1. The molecule has 3 heteroatoms. The number of anilines is 1. The van der Waals surface area contributed by atoms with Gasteiger partial charge in [0.05, 0.1) is 11.2 Å². The first kappa shape index (κ1) is 13.6. The van der Waals surface area contributed by atoms with E-state index in [1.54, 1.807) is 6.20 Å². The van der Waals surface area contributed by atoms with Crippen LogP contribution in [-0.4, -0.2) is 23.1 Å². The number of rotatable bonds is 4. The quantitative estimate of drug-likeness (QED) is 0.717. The molecular formula is C18H19N3. The van der Waals surface area contributed by atoms with Crippen LogP contribution in [0.3, 0.4) is 0 Å². The highest BCUT2D eigenvalue weighted by Gasteiger charge is 2.11. The summed E-state index contributed by atoms with van der Waals surface area (Å²) in [6.07, 6.45) is 3.65. The molecule has 0 unspecified atom stereocenters. The van der Waals surface area contributed by atoms with Crippen molar-refractivity contribution in [2.75, 3.05) is 18.0 Å².